The molecule has 0 amide bonds. The number of allylic oxidation sites excluding steroid dienone is 2. The first-order chi connectivity index (χ1) is 7.40. The van der Waals surface area contributed by atoms with Gasteiger partial charge in [-0.05, 0) is 37.0 Å². The Labute approximate surface area is 90.0 Å². The number of nitrogens with one attached hydrogen (secondary N) is 1. The molecule has 0 atom stereocenters. The molecule has 0 fully saturated rings. The zero-order valence-electron chi connectivity index (χ0n) is 9.03. The van der Waals surface area contributed by atoms with Crippen molar-refractivity contribution in [1.82, 2.24) is 9.97 Å². The highest BCUT2D eigenvalue weighted by molar-refractivity contribution is 5.74. The Morgan fingerprint density at radius 2 is 2.27 bits per heavy atom. The van der Waals surface area contributed by atoms with E-state index in [0.717, 1.165) is 30.3 Å². The molecule has 1 aromatic carbocycles. The van der Waals surface area contributed by atoms with E-state index in [1.165, 1.54) is 5.56 Å². The van der Waals surface area contributed by atoms with E-state index in [1.807, 2.05) is 0 Å². The van der Waals surface area contributed by atoms with Gasteiger partial charge in [-0.1, -0.05) is 25.1 Å². The van der Waals surface area contributed by atoms with Crippen LogP contribution >= 0.6 is 0 Å². The Hall–Kier alpha value is -1.57. The third-order valence-electron chi connectivity index (χ3n) is 2.49. The number of aromatic amines is 1. The van der Waals surface area contributed by atoms with Crippen LogP contribution in [0.3, 0.4) is 0 Å². The molecule has 0 saturated heterocycles. The predicted molar refractivity (Wildman–Crippen MR) is 63.8 cm³/mol. The van der Waals surface area contributed by atoms with Crippen molar-refractivity contribution >= 4 is 11.0 Å². The van der Waals surface area contributed by atoms with E-state index in [2.05, 4.69) is 47.2 Å². The standard InChI is InChI=1S/C13H16N2/c1-2-3-4-5-6-11-7-8-12-13(9-11)15-10-14-12/h3-4,7-10H,2,5-6H2,1H3,(H,14,15). The highest BCUT2D eigenvalue weighted by Gasteiger charge is 1.97. The van der Waals surface area contributed by atoms with E-state index >= 15 is 0 Å². The molecule has 0 aliphatic rings. The third kappa shape index (κ3) is 2.46. The number of aryl methyl sites for hydroxylation is 1. The number of hydrogen-bond acceptors (Lipinski definition) is 1. The Morgan fingerprint density at radius 1 is 1.33 bits per heavy atom. The van der Waals surface area contributed by atoms with Crippen LogP contribution in [0.4, 0.5) is 0 Å². The van der Waals surface area contributed by atoms with Crippen LogP contribution in [0.2, 0.25) is 0 Å². The van der Waals surface area contributed by atoms with Gasteiger partial charge in [0.25, 0.3) is 0 Å². The number of imidazole rings is 1. The maximum atomic E-state index is 4.20. The van der Waals surface area contributed by atoms with Gasteiger partial charge in [0.05, 0.1) is 17.4 Å². The van der Waals surface area contributed by atoms with Crippen molar-refractivity contribution in [2.24, 2.45) is 0 Å². The van der Waals surface area contributed by atoms with Gasteiger partial charge >= 0.3 is 0 Å². The number of fused-ring (bicyclic) bond motifs is 1. The average molecular weight is 200 g/mol. The highest BCUT2D eigenvalue weighted by Crippen LogP contribution is 2.13. The normalized spacial score (nSPS) is 11.5. The van der Waals surface area contributed by atoms with Crippen molar-refractivity contribution in [1.29, 1.82) is 0 Å². The molecular weight excluding hydrogens is 184 g/mol. The Bertz CT molecular complexity index is 454. The van der Waals surface area contributed by atoms with E-state index in [-0.39, 0.29) is 0 Å². The molecule has 2 aromatic rings. The fourth-order valence-corrected chi connectivity index (χ4v) is 1.67. The maximum Gasteiger partial charge on any atom is 0.0931 e. The quantitative estimate of drug-likeness (QED) is 0.752. The number of benzene rings is 1. The smallest absolute Gasteiger partial charge is 0.0931 e. The summed E-state index contributed by atoms with van der Waals surface area (Å²) >= 11 is 0. The van der Waals surface area contributed by atoms with Gasteiger partial charge in [0.15, 0.2) is 0 Å². The zero-order chi connectivity index (χ0) is 10.5. The first-order valence-corrected chi connectivity index (χ1v) is 5.47. The molecule has 0 spiro atoms. The van der Waals surface area contributed by atoms with Crippen LogP contribution in [0.1, 0.15) is 25.3 Å². The van der Waals surface area contributed by atoms with Crippen LogP contribution in [0.5, 0.6) is 0 Å². The van der Waals surface area contributed by atoms with E-state index in [4.69, 9.17) is 0 Å². The fourth-order valence-electron chi connectivity index (χ4n) is 1.67. The molecule has 0 saturated carbocycles. The Kier molecular flexibility index (Phi) is 3.18. The van der Waals surface area contributed by atoms with Crippen LogP contribution in [-0.2, 0) is 6.42 Å². The van der Waals surface area contributed by atoms with Gasteiger partial charge in [0, 0.05) is 0 Å². The van der Waals surface area contributed by atoms with Crippen LogP contribution in [-0.4, -0.2) is 9.97 Å². The first kappa shape index (κ1) is 9.97. The number of H-pyrrole nitrogens is 1. The van der Waals surface area contributed by atoms with Gasteiger partial charge in [-0.15, -0.1) is 0 Å². The first-order valence-electron chi connectivity index (χ1n) is 5.47. The van der Waals surface area contributed by atoms with Crippen LogP contribution in [0.15, 0.2) is 36.7 Å². The molecule has 1 heterocycles. The van der Waals surface area contributed by atoms with E-state index < -0.39 is 0 Å². The largest absolute Gasteiger partial charge is 0.345 e. The number of nitrogens with zero attached hydrogens (tertiary/aromatic N) is 1. The van der Waals surface area contributed by atoms with E-state index in [1.54, 1.807) is 6.33 Å². The van der Waals surface area contributed by atoms with Gasteiger partial charge in [0.2, 0.25) is 0 Å². The average Bonchev–Trinajstić information content (AvgIpc) is 2.71. The predicted octanol–water partition coefficient (Wildman–Crippen LogP) is 3.46. The molecule has 78 valence electrons. The SMILES string of the molecule is CCC=CCCc1ccc2nc[nH]c2c1. The summed E-state index contributed by atoms with van der Waals surface area (Å²) in [5.41, 5.74) is 3.54. The van der Waals surface area contributed by atoms with Crippen LogP contribution in [0, 0.1) is 0 Å². The minimum atomic E-state index is 1.04. The van der Waals surface area contributed by atoms with Gasteiger partial charge in [0.1, 0.15) is 0 Å². The lowest BCUT2D eigenvalue weighted by molar-refractivity contribution is 0.994. The van der Waals surface area contributed by atoms with Gasteiger partial charge < -0.3 is 4.98 Å². The molecule has 2 nitrogen and oxygen atoms in total. The zero-order valence-corrected chi connectivity index (χ0v) is 9.03. The maximum absolute atomic E-state index is 4.20. The lowest BCUT2D eigenvalue weighted by atomic mass is 10.1. The van der Waals surface area contributed by atoms with Crippen LogP contribution in [0.25, 0.3) is 11.0 Å². The van der Waals surface area contributed by atoms with Crippen molar-refractivity contribution in [3.63, 3.8) is 0 Å². The summed E-state index contributed by atoms with van der Waals surface area (Å²) in [7, 11) is 0. The summed E-state index contributed by atoms with van der Waals surface area (Å²) in [5.74, 6) is 0. The summed E-state index contributed by atoms with van der Waals surface area (Å²) in [5, 5.41) is 0. The third-order valence-corrected chi connectivity index (χ3v) is 2.49. The Morgan fingerprint density at radius 3 is 3.13 bits per heavy atom. The molecule has 0 radical (unpaired) electrons. The molecule has 0 unspecified atom stereocenters. The summed E-state index contributed by atoms with van der Waals surface area (Å²) < 4.78 is 0. The highest BCUT2D eigenvalue weighted by atomic mass is 14.9. The van der Waals surface area contributed by atoms with Gasteiger partial charge in [-0.25, -0.2) is 4.98 Å². The van der Waals surface area contributed by atoms with Gasteiger partial charge in [-0.2, -0.15) is 0 Å². The van der Waals surface area contributed by atoms with Crippen molar-refractivity contribution in [3.05, 3.63) is 42.2 Å². The monoisotopic (exact) mass is 200 g/mol. The topological polar surface area (TPSA) is 28.7 Å². The lowest BCUT2D eigenvalue weighted by Gasteiger charge is -1.97. The molecule has 0 aliphatic heterocycles. The van der Waals surface area contributed by atoms with Crippen LogP contribution < -0.4 is 0 Å². The molecule has 0 bridgehead atoms. The second-order valence-corrected chi connectivity index (χ2v) is 3.67. The molecular formula is C13H16N2. The molecule has 2 rings (SSSR count). The van der Waals surface area contributed by atoms with Crippen molar-refractivity contribution in [2.45, 2.75) is 26.2 Å². The summed E-state index contributed by atoms with van der Waals surface area (Å²) in [4.78, 5) is 7.33. The van der Waals surface area contributed by atoms with Crippen molar-refractivity contribution < 1.29 is 0 Å². The summed E-state index contributed by atoms with van der Waals surface area (Å²) in [6, 6.07) is 6.41. The van der Waals surface area contributed by atoms with Crippen molar-refractivity contribution in [3.8, 4) is 0 Å². The molecule has 15 heavy (non-hydrogen) atoms. The lowest BCUT2D eigenvalue weighted by Crippen LogP contribution is -1.83. The number of hydrogen-bond donors (Lipinski definition) is 1. The van der Waals surface area contributed by atoms with E-state index in [9.17, 15) is 0 Å². The summed E-state index contributed by atoms with van der Waals surface area (Å²) in [6.45, 7) is 2.16. The fraction of sp³-hybridized carbons (Fsp3) is 0.308. The second kappa shape index (κ2) is 4.78. The minimum Gasteiger partial charge on any atom is -0.345 e. The Balaban J connectivity index is 2.04. The minimum absolute atomic E-state index is 1.04. The molecule has 1 aromatic heterocycles. The number of aromatic nitrogens is 2. The number of rotatable bonds is 4. The van der Waals surface area contributed by atoms with Crippen molar-refractivity contribution in [2.75, 3.05) is 0 Å². The van der Waals surface area contributed by atoms with E-state index in [0.29, 0.717) is 0 Å². The summed E-state index contributed by atoms with van der Waals surface area (Å²) in [6.07, 6.45) is 9.55. The molecule has 0 aliphatic carbocycles. The second-order valence-electron chi connectivity index (χ2n) is 3.67. The molecule has 2 heteroatoms. The molecule has 1 N–H and O–H groups in total. The van der Waals surface area contributed by atoms with Gasteiger partial charge in [-0.3, -0.25) is 0 Å².